The highest BCUT2D eigenvalue weighted by molar-refractivity contribution is 7.99. The molecule has 0 N–H and O–H groups in total. The lowest BCUT2D eigenvalue weighted by molar-refractivity contribution is 0.200. The van der Waals surface area contributed by atoms with E-state index in [1.165, 1.54) is 0 Å². The second-order valence-corrected chi connectivity index (χ2v) is 6.30. The number of rotatable bonds is 10. The fourth-order valence-electron chi connectivity index (χ4n) is 2.23. The van der Waals surface area contributed by atoms with Crippen molar-refractivity contribution < 1.29 is 9.47 Å². The molecule has 126 valence electrons. The van der Waals surface area contributed by atoms with Gasteiger partial charge in [-0.1, -0.05) is 25.1 Å². The molecule has 6 heteroatoms. The van der Waals surface area contributed by atoms with Crippen LogP contribution >= 0.6 is 11.8 Å². The minimum absolute atomic E-state index is 0.779. The van der Waals surface area contributed by atoms with E-state index in [1.807, 2.05) is 24.3 Å². The van der Waals surface area contributed by atoms with Crippen molar-refractivity contribution in [2.45, 2.75) is 37.9 Å². The molecule has 0 aliphatic carbocycles. The zero-order chi connectivity index (χ0) is 16.5. The van der Waals surface area contributed by atoms with Crippen LogP contribution in [0.25, 0.3) is 11.4 Å². The molecule has 0 atom stereocenters. The van der Waals surface area contributed by atoms with E-state index in [9.17, 15) is 0 Å². The van der Waals surface area contributed by atoms with Gasteiger partial charge in [-0.2, -0.15) is 0 Å². The highest BCUT2D eigenvalue weighted by atomic mass is 32.2. The Balaban J connectivity index is 2.18. The van der Waals surface area contributed by atoms with Gasteiger partial charge in [0, 0.05) is 31.6 Å². The molecule has 1 heterocycles. The van der Waals surface area contributed by atoms with Gasteiger partial charge in [-0.25, -0.2) is 0 Å². The van der Waals surface area contributed by atoms with Gasteiger partial charge >= 0.3 is 0 Å². The molecule has 1 aromatic heterocycles. The Hall–Kier alpha value is -1.53. The lowest BCUT2D eigenvalue weighted by atomic mass is 10.2. The zero-order valence-corrected chi connectivity index (χ0v) is 14.9. The Morgan fingerprint density at radius 2 is 1.87 bits per heavy atom. The van der Waals surface area contributed by atoms with Crippen LogP contribution in [0.15, 0.2) is 29.4 Å². The van der Waals surface area contributed by atoms with Crippen LogP contribution in [-0.4, -0.2) is 41.3 Å². The van der Waals surface area contributed by atoms with Crippen molar-refractivity contribution in [3.63, 3.8) is 0 Å². The monoisotopic (exact) mass is 335 g/mol. The van der Waals surface area contributed by atoms with Crippen LogP contribution in [-0.2, 0) is 11.3 Å². The molecule has 1 aromatic carbocycles. The van der Waals surface area contributed by atoms with Crippen molar-refractivity contribution in [1.82, 2.24) is 14.8 Å². The summed E-state index contributed by atoms with van der Waals surface area (Å²) < 4.78 is 12.6. The molecule has 0 saturated heterocycles. The van der Waals surface area contributed by atoms with Gasteiger partial charge in [0.25, 0.3) is 0 Å². The first-order chi connectivity index (χ1) is 11.3. The van der Waals surface area contributed by atoms with E-state index in [1.54, 1.807) is 26.0 Å². The first-order valence-corrected chi connectivity index (χ1v) is 8.98. The van der Waals surface area contributed by atoms with Crippen molar-refractivity contribution in [1.29, 1.82) is 0 Å². The molecule has 0 bridgehead atoms. The summed E-state index contributed by atoms with van der Waals surface area (Å²) in [6, 6.07) is 7.98. The minimum atomic E-state index is 0.779. The number of hydrogen-bond donors (Lipinski definition) is 0. The maximum absolute atomic E-state index is 5.22. The van der Waals surface area contributed by atoms with Gasteiger partial charge in [0.2, 0.25) is 0 Å². The number of hydrogen-bond acceptors (Lipinski definition) is 5. The summed E-state index contributed by atoms with van der Waals surface area (Å²) >= 11 is 1.75. The molecular formula is C17H25N3O2S. The first-order valence-electron chi connectivity index (χ1n) is 7.99. The quantitative estimate of drug-likeness (QED) is 0.487. The number of nitrogens with zero attached hydrogens (tertiary/aromatic N) is 3. The normalized spacial score (nSPS) is 10.9. The molecule has 0 radical (unpaired) electrons. The molecular weight excluding hydrogens is 310 g/mol. The molecule has 2 aromatic rings. The van der Waals surface area contributed by atoms with Crippen molar-refractivity contribution in [2.24, 2.45) is 0 Å². The Kier molecular flexibility index (Phi) is 7.42. The highest BCUT2D eigenvalue weighted by Crippen LogP contribution is 2.26. The highest BCUT2D eigenvalue weighted by Gasteiger charge is 2.14. The zero-order valence-electron chi connectivity index (χ0n) is 14.1. The Morgan fingerprint density at radius 1 is 1.09 bits per heavy atom. The average molecular weight is 335 g/mol. The molecule has 5 nitrogen and oxygen atoms in total. The number of ether oxygens (including phenoxy) is 2. The fourth-order valence-corrected chi connectivity index (χ4v) is 3.11. The summed E-state index contributed by atoms with van der Waals surface area (Å²) in [6.07, 6.45) is 3.28. The lowest BCUT2D eigenvalue weighted by Gasteiger charge is -2.10. The summed E-state index contributed by atoms with van der Waals surface area (Å²) in [7, 11) is 3.41. The van der Waals surface area contributed by atoms with Crippen LogP contribution in [0.2, 0.25) is 0 Å². The van der Waals surface area contributed by atoms with Gasteiger partial charge in [-0.3, -0.25) is 0 Å². The van der Waals surface area contributed by atoms with Crippen molar-refractivity contribution in [3.05, 3.63) is 24.3 Å². The summed E-state index contributed by atoms with van der Waals surface area (Å²) in [5.74, 6) is 2.76. The predicted octanol–water partition coefficient (Wildman–Crippen LogP) is 3.88. The van der Waals surface area contributed by atoms with Gasteiger partial charge in [0.1, 0.15) is 5.75 Å². The van der Waals surface area contributed by atoms with Crippen LogP contribution < -0.4 is 4.74 Å². The first kappa shape index (κ1) is 17.8. The van der Waals surface area contributed by atoms with E-state index >= 15 is 0 Å². The molecule has 2 rings (SSSR count). The SMILES string of the molecule is CCCCn1c(SCCCOC)nnc1-c1ccc(OC)cc1. The fraction of sp³-hybridized carbons (Fsp3) is 0.529. The Bertz CT molecular complexity index is 584. The van der Waals surface area contributed by atoms with Gasteiger partial charge in [-0.05, 0) is 37.1 Å². The van der Waals surface area contributed by atoms with Gasteiger partial charge in [-0.15, -0.1) is 10.2 Å². The van der Waals surface area contributed by atoms with Crippen molar-refractivity contribution >= 4 is 11.8 Å². The molecule has 0 amide bonds. The molecule has 23 heavy (non-hydrogen) atoms. The van der Waals surface area contributed by atoms with E-state index in [0.717, 1.165) is 60.5 Å². The second kappa shape index (κ2) is 9.57. The smallest absolute Gasteiger partial charge is 0.191 e. The standard InChI is InChI=1S/C17H25N3O2S/c1-4-5-11-20-16(14-7-9-15(22-3)10-8-14)18-19-17(20)23-13-6-12-21-2/h7-10H,4-6,11-13H2,1-3H3. The maximum atomic E-state index is 5.22. The van der Waals surface area contributed by atoms with Gasteiger partial charge in [0.05, 0.1) is 7.11 Å². The predicted molar refractivity (Wildman–Crippen MR) is 94.1 cm³/mol. The number of unbranched alkanes of at least 4 members (excludes halogenated alkanes) is 1. The van der Waals surface area contributed by atoms with Crippen LogP contribution in [0.1, 0.15) is 26.2 Å². The topological polar surface area (TPSA) is 49.2 Å². The second-order valence-electron chi connectivity index (χ2n) is 5.23. The molecule has 0 unspecified atom stereocenters. The van der Waals surface area contributed by atoms with Gasteiger partial charge < -0.3 is 14.0 Å². The third-order valence-corrected chi connectivity index (χ3v) is 4.58. The van der Waals surface area contributed by atoms with Crippen molar-refractivity contribution in [2.75, 3.05) is 26.6 Å². The van der Waals surface area contributed by atoms with E-state index in [4.69, 9.17) is 9.47 Å². The number of benzene rings is 1. The summed E-state index contributed by atoms with van der Waals surface area (Å²) in [5, 5.41) is 9.79. The molecule has 0 fully saturated rings. The molecule has 0 spiro atoms. The average Bonchev–Trinajstić information content (AvgIpc) is 2.99. The summed E-state index contributed by atoms with van der Waals surface area (Å²) in [4.78, 5) is 0. The number of thioether (sulfide) groups is 1. The van der Waals surface area contributed by atoms with Gasteiger partial charge in [0.15, 0.2) is 11.0 Å². The van der Waals surface area contributed by atoms with Crippen molar-refractivity contribution in [3.8, 4) is 17.1 Å². The maximum Gasteiger partial charge on any atom is 0.191 e. The third-order valence-electron chi connectivity index (χ3n) is 3.52. The summed E-state index contributed by atoms with van der Waals surface area (Å²) in [5.41, 5.74) is 1.07. The van der Waals surface area contributed by atoms with Crippen LogP contribution in [0, 0.1) is 0 Å². The molecule has 0 aliphatic heterocycles. The largest absolute Gasteiger partial charge is 0.497 e. The molecule has 0 aliphatic rings. The van der Waals surface area contributed by atoms with Crippen LogP contribution in [0.5, 0.6) is 5.75 Å². The Labute approximate surface area is 142 Å². The van der Waals surface area contributed by atoms with E-state index in [-0.39, 0.29) is 0 Å². The van der Waals surface area contributed by atoms with E-state index in [0.29, 0.717) is 0 Å². The molecule has 0 saturated carbocycles. The van der Waals surface area contributed by atoms with E-state index in [2.05, 4.69) is 21.7 Å². The van der Waals surface area contributed by atoms with Crippen LogP contribution in [0.4, 0.5) is 0 Å². The number of aromatic nitrogens is 3. The van der Waals surface area contributed by atoms with E-state index < -0.39 is 0 Å². The Morgan fingerprint density at radius 3 is 2.52 bits per heavy atom. The lowest BCUT2D eigenvalue weighted by Crippen LogP contribution is -2.03. The minimum Gasteiger partial charge on any atom is -0.497 e. The number of methoxy groups -OCH3 is 2. The van der Waals surface area contributed by atoms with Crippen LogP contribution in [0.3, 0.4) is 0 Å². The third kappa shape index (κ3) is 4.97. The summed E-state index contributed by atoms with van der Waals surface area (Å²) in [6.45, 7) is 3.92.